The maximum absolute atomic E-state index is 12.0. The van der Waals surface area contributed by atoms with Crippen LogP contribution in [0.15, 0.2) is 77.8 Å². The van der Waals surface area contributed by atoms with Crippen molar-refractivity contribution in [2.75, 3.05) is 0 Å². The Morgan fingerprint density at radius 2 is 1.56 bits per heavy atom. The molecule has 126 valence electrons. The van der Waals surface area contributed by atoms with E-state index in [4.69, 9.17) is 11.2 Å². The van der Waals surface area contributed by atoms with Gasteiger partial charge in [0.1, 0.15) is 0 Å². The van der Waals surface area contributed by atoms with E-state index < -0.39 is 5.97 Å². The minimum atomic E-state index is -0.424. The molecule has 0 unspecified atom stereocenters. The summed E-state index contributed by atoms with van der Waals surface area (Å²) < 4.78 is 5.31. The Labute approximate surface area is 157 Å². The van der Waals surface area contributed by atoms with Gasteiger partial charge < -0.3 is 4.74 Å². The average molecular weight is 347 g/mol. The highest BCUT2D eigenvalue weighted by Gasteiger charge is 2.28. The Morgan fingerprint density at radius 3 is 2.37 bits per heavy atom. The molecule has 0 saturated heterocycles. The van der Waals surface area contributed by atoms with Crippen LogP contribution in [-0.4, -0.2) is 11.9 Å². The molecule has 3 aromatic carbocycles. The van der Waals surface area contributed by atoms with Crippen LogP contribution in [0.4, 0.5) is 5.69 Å². The summed E-state index contributed by atoms with van der Waals surface area (Å²) in [7, 11) is 0. The van der Waals surface area contributed by atoms with Crippen LogP contribution in [0.3, 0.4) is 0 Å². The SMILES string of the molecule is C#Cc1ccc2c(c1)C(=Nc1cccc(C#Cc3ccccc3)c1)OC2=O. The predicted octanol–water partition coefficient (Wildman–Crippen LogP) is 4.32. The van der Waals surface area contributed by atoms with E-state index in [0.717, 1.165) is 11.1 Å². The Kier molecular flexibility index (Phi) is 4.27. The molecule has 3 heteroatoms. The van der Waals surface area contributed by atoms with E-state index in [1.807, 2.05) is 54.6 Å². The molecule has 1 aliphatic heterocycles. The molecule has 0 amide bonds. The lowest BCUT2D eigenvalue weighted by Crippen LogP contribution is -1.99. The van der Waals surface area contributed by atoms with E-state index in [1.54, 1.807) is 18.2 Å². The molecule has 4 rings (SSSR count). The Morgan fingerprint density at radius 1 is 0.778 bits per heavy atom. The van der Waals surface area contributed by atoms with Gasteiger partial charge >= 0.3 is 5.97 Å². The molecule has 0 atom stereocenters. The van der Waals surface area contributed by atoms with Crippen molar-refractivity contribution in [3.05, 3.63) is 101 Å². The number of carbonyl (C=O) groups excluding carboxylic acids is 1. The van der Waals surface area contributed by atoms with Crippen LogP contribution < -0.4 is 0 Å². The van der Waals surface area contributed by atoms with E-state index in [2.05, 4.69) is 22.8 Å². The number of aliphatic imine (C=N–C) groups is 1. The van der Waals surface area contributed by atoms with Crippen molar-refractivity contribution < 1.29 is 9.53 Å². The van der Waals surface area contributed by atoms with Crippen molar-refractivity contribution in [3.63, 3.8) is 0 Å². The monoisotopic (exact) mass is 347 g/mol. The average Bonchev–Trinajstić information content (AvgIpc) is 3.02. The van der Waals surface area contributed by atoms with Crippen molar-refractivity contribution in [2.24, 2.45) is 4.99 Å². The van der Waals surface area contributed by atoms with Gasteiger partial charge in [0.2, 0.25) is 5.90 Å². The van der Waals surface area contributed by atoms with Crippen molar-refractivity contribution in [1.82, 2.24) is 0 Å². The molecule has 0 saturated carbocycles. The van der Waals surface area contributed by atoms with Crippen molar-refractivity contribution in [1.29, 1.82) is 0 Å². The lowest BCUT2D eigenvalue weighted by molar-refractivity contribution is 0.0737. The second-order valence-electron chi connectivity index (χ2n) is 5.88. The summed E-state index contributed by atoms with van der Waals surface area (Å²) in [6.45, 7) is 0. The van der Waals surface area contributed by atoms with Gasteiger partial charge in [-0.15, -0.1) is 6.42 Å². The van der Waals surface area contributed by atoms with E-state index in [0.29, 0.717) is 22.4 Å². The zero-order valence-electron chi connectivity index (χ0n) is 14.3. The first-order chi connectivity index (χ1) is 13.2. The van der Waals surface area contributed by atoms with Crippen LogP contribution in [0, 0.1) is 24.2 Å². The minimum Gasteiger partial charge on any atom is -0.403 e. The van der Waals surface area contributed by atoms with Gasteiger partial charge in [0.15, 0.2) is 0 Å². The van der Waals surface area contributed by atoms with Crippen LogP contribution >= 0.6 is 0 Å². The number of esters is 1. The predicted molar refractivity (Wildman–Crippen MR) is 105 cm³/mol. The summed E-state index contributed by atoms with van der Waals surface area (Å²) >= 11 is 0. The first-order valence-electron chi connectivity index (χ1n) is 8.32. The van der Waals surface area contributed by atoms with E-state index >= 15 is 0 Å². The fourth-order valence-corrected chi connectivity index (χ4v) is 2.71. The molecule has 1 heterocycles. The number of nitrogens with zero attached hydrogens (tertiary/aromatic N) is 1. The lowest BCUT2D eigenvalue weighted by atomic mass is 10.1. The number of hydrogen-bond acceptors (Lipinski definition) is 3. The summed E-state index contributed by atoms with van der Waals surface area (Å²) in [5.74, 6) is 8.62. The van der Waals surface area contributed by atoms with Crippen LogP contribution in [0.1, 0.15) is 32.6 Å². The van der Waals surface area contributed by atoms with Crippen molar-refractivity contribution >= 4 is 17.6 Å². The number of benzene rings is 3. The molecule has 3 aromatic rings. The van der Waals surface area contributed by atoms with Crippen LogP contribution in [-0.2, 0) is 4.74 Å². The van der Waals surface area contributed by atoms with Gasteiger partial charge in [-0.1, -0.05) is 42.0 Å². The standard InChI is InChI=1S/C24H13NO2/c1-2-17-13-14-21-22(16-17)23(27-24(21)26)25-20-10-6-9-19(15-20)12-11-18-7-4-3-5-8-18/h1,3-10,13-16H. The number of carbonyl (C=O) groups is 1. The van der Waals surface area contributed by atoms with Crippen LogP contribution in [0.5, 0.6) is 0 Å². The molecule has 27 heavy (non-hydrogen) atoms. The highest BCUT2D eigenvalue weighted by atomic mass is 16.5. The molecule has 0 N–H and O–H groups in total. The maximum atomic E-state index is 12.0. The largest absolute Gasteiger partial charge is 0.403 e. The number of ether oxygens (including phenoxy) is 1. The number of cyclic esters (lactones) is 1. The summed E-state index contributed by atoms with van der Waals surface area (Å²) in [5.41, 5.74) is 4.15. The Hall–Kier alpha value is -4.08. The van der Waals surface area contributed by atoms with Crippen LogP contribution in [0.25, 0.3) is 0 Å². The number of fused-ring (bicyclic) bond motifs is 1. The Bertz CT molecular complexity index is 1170. The number of rotatable bonds is 1. The minimum absolute atomic E-state index is 0.250. The van der Waals surface area contributed by atoms with Gasteiger partial charge in [0.05, 0.1) is 16.8 Å². The molecule has 0 aliphatic carbocycles. The third-order valence-corrected chi connectivity index (χ3v) is 4.03. The van der Waals surface area contributed by atoms with Gasteiger partial charge in [0, 0.05) is 16.7 Å². The summed E-state index contributed by atoms with van der Waals surface area (Å²) in [5, 5.41) is 0. The Balaban J connectivity index is 1.68. The molecule has 0 spiro atoms. The van der Waals surface area contributed by atoms with E-state index in [-0.39, 0.29) is 5.90 Å². The molecule has 0 bridgehead atoms. The second kappa shape index (κ2) is 7.04. The topological polar surface area (TPSA) is 38.7 Å². The fourth-order valence-electron chi connectivity index (χ4n) is 2.71. The highest BCUT2D eigenvalue weighted by molar-refractivity contribution is 6.17. The van der Waals surface area contributed by atoms with Gasteiger partial charge in [-0.25, -0.2) is 9.79 Å². The molecule has 1 aliphatic rings. The molecule has 0 aromatic heterocycles. The van der Waals surface area contributed by atoms with Crippen molar-refractivity contribution in [2.45, 2.75) is 0 Å². The lowest BCUT2D eigenvalue weighted by Gasteiger charge is -2.00. The fraction of sp³-hybridized carbons (Fsp3) is 0. The van der Waals surface area contributed by atoms with E-state index in [9.17, 15) is 4.79 Å². The number of hydrogen-bond donors (Lipinski definition) is 0. The third kappa shape index (κ3) is 3.49. The smallest absolute Gasteiger partial charge is 0.345 e. The summed E-state index contributed by atoms with van der Waals surface area (Å²) in [6.07, 6.45) is 5.45. The van der Waals surface area contributed by atoms with E-state index in [1.165, 1.54) is 0 Å². The zero-order chi connectivity index (χ0) is 18.6. The summed E-state index contributed by atoms with van der Waals surface area (Å²) in [4.78, 5) is 16.5. The summed E-state index contributed by atoms with van der Waals surface area (Å²) in [6, 6.07) is 22.3. The highest BCUT2D eigenvalue weighted by Crippen LogP contribution is 2.25. The zero-order valence-corrected chi connectivity index (χ0v) is 14.3. The first kappa shape index (κ1) is 16.4. The van der Waals surface area contributed by atoms with Gasteiger partial charge in [0.25, 0.3) is 0 Å². The van der Waals surface area contributed by atoms with Gasteiger partial charge in [-0.05, 0) is 48.5 Å². The van der Waals surface area contributed by atoms with Gasteiger partial charge in [-0.3, -0.25) is 0 Å². The first-order valence-corrected chi connectivity index (χ1v) is 8.32. The number of terminal acetylenes is 1. The molecule has 0 radical (unpaired) electrons. The van der Waals surface area contributed by atoms with Crippen LogP contribution in [0.2, 0.25) is 0 Å². The molecular weight excluding hydrogens is 334 g/mol. The van der Waals surface area contributed by atoms with Gasteiger partial charge in [-0.2, -0.15) is 0 Å². The normalized spacial score (nSPS) is 13.3. The molecule has 0 fully saturated rings. The third-order valence-electron chi connectivity index (χ3n) is 4.03. The quantitative estimate of drug-likeness (QED) is 0.486. The van der Waals surface area contributed by atoms with Crippen molar-refractivity contribution in [3.8, 4) is 24.2 Å². The molecule has 3 nitrogen and oxygen atoms in total. The molecular formula is C24H13NO2. The second-order valence-corrected chi connectivity index (χ2v) is 5.88. The maximum Gasteiger partial charge on any atom is 0.345 e.